The van der Waals surface area contributed by atoms with Crippen molar-refractivity contribution in [3.8, 4) is 17.2 Å². The number of hydrogen-bond acceptors (Lipinski definition) is 4. The quantitative estimate of drug-likeness (QED) is 0.276. The van der Waals surface area contributed by atoms with E-state index in [0.29, 0.717) is 38.4 Å². The summed E-state index contributed by atoms with van der Waals surface area (Å²) in [5.74, 6) is 1.39. The Morgan fingerprint density at radius 3 is 2.10 bits per heavy atom. The molecule has 0 N–H and O–H groups in total. The first kappa shape index (κ1) is 23.4. The SMILES string of the molecule is C=C(COc1ccc(C(C)=O)cc1)COc1c(Cl)cc(OCC=C(Cl)Cl)cc1Cl. The molecule has 2 aromatic rings. The summed E-state index contributed by atoms with van der Waals surface area (Å²) in [5.41, 5.74) is 1.30. The molecule has 2 aromatic carbocycles. The van der Waals surface area contributed by atoms with Gasteiger partial charge in [-0.2, -0.15) is 0 Å². The molecule has 0 unspecified atom stereocenters. The van der Waals surface area contributed by atoms with Gasteiger partial charge < -0.3 is 14.2 Å². The molecule has 0 aliphatic heterocycles. The Morgan fingerprint density at radius 1 is 0.966 bits per heavy atom. The monoisotopic (exact) mass is 474 g/mol. The number of ether oxygens (including phenoxy) is 3. The van der Waals surface area contributed by atoms with Crippen molar-refractivity contribution >= 4 is 52.2 Å². The average molecular weight is 476 g/mol. The van der Waals surface area contributed by atoms with Crippen LogP contribution in [-0.2, 0) is 0 Å². The van der Waals surface area contributed by atoms with E-state index in [4.69, 9.17) is 60.6 Å². The van der Waals surface area contributed by atoms with Gasteiger partial charge in [0.1, 0.15) is 35.8 Å². The molecule has 0 saturated heterocycles. The molecule has 0 radical (unpaired) electrons. The van der Waals surface area contributed by atoms with Crippen molar-refractivity contribution in [1.82, 2.24) is 0 Å². The van der Waals surface area contributed by atoms with Crippen LogP contribution in [0.15, 0.2) is 59.1 Å². The predicted octanol–water partition coefficient (Wildman–Crippen LogP) is 6.91. The largest absolute Gasteiger partial charge is 0.489 e. The molecule has 8 heteroatoms. The van der Waals surface area contributed by atoms with E-state index in [1.54, 1.807) is 36.4 Å². The summed E-state index contributed by atoms with van der Waals surface area (Å²) in [6, 6.07) is 10.0. The number of rotatable bonds is 10. The fourth-order valence-electron chi connectivity index (χ4n) is 2.15. The van der Waals surface area contributed by atoms with Crippen LogP contribution < -0.4 is 14.2 Å². The molecule has 2 rings (SSSR count). The molecule has 0 saturated carbocycles. The third kappa shape index (κ3) is 7.82. The summed E-state index contributed by atoms with van der Waals surface area (Å²) in [6.45, 7) is 6.01. The molecule has 0 bridgehead atoms. The van der Waals surface area contributed by atoms with E-state index in [-0.39, 0.29) is 30.1 Å². The van der Waals surface area contributed by atoms with E-state index < -0.39 is 0 Å². The molecule has 0 heterocycles. The van der Waals surface area contributed by atoms with E-state index in [2.05, 4.69) is 6.58 Å². The molecule has 0 fully saturated rings. The van der Waals surface area contributed by atoms with E-state index in [0.717, 1.165) is 0 Å². The minimum Gasteiger partial charge on any atom is -0.489 e. The van der Waals surface area contributed by atoms with E-state index in [1.165, 1.54) is 13.0 Å². The van der Waals surface area contributed by atoms with Gasteiger partial charge in [0.2, 0.25) is 0 Å². The first-order chi connectivity index (χ1) is 13.8. The molecular formula is C21H18Cl4O4. The molecule has 0 amide bonds. The van der Waals surface area contributed by atoms with Crippen LogP contribution in [0.5, 0.6) is 17.2 Å². The predicted molar refractivity (Wildman–Crippen MR) is 118 cm³/mol. The van der Waals surface area contributed by atoms with Crippen LogP contribution in [0.4, 0.5) is 0 Å². The lowest BCUT2D eigenvalue weighted by molar-refractivity contribution is 0.101. The zero-order valence-electron chi connectivity index (χ0n) is 15.5. The Bertz CT molecular complexity index is 880. The van der Waals surface area contributed by atoms with E-state index in [9.17, 15) is 4.79 Å². The van der Waals surface area contributed by atoms with Crippen molar-refractivity contribution in [2.45, 2.75) is 6.92 Å². The molecule has 0 atom stereocenters. The number of carbonyl (C=O) groups excluding carboxylic acids is 1. The average Bonchev–Trinajstić information content (AvgIpc) is 2.65. The summed E-state index contributed by atoms with van der Waals surface area (Å²) in [6.07, 6.45) is 1.49. The number of ketones is 1. The minimum atomic E-state index is -0.00107. The maximum atomic E-state index is 11.3. The highest BCUT2D eigenvalue weighted by molar-refractivity contribution is 6.55. The smallest absolute Gasteiger partial charge is 0.159 e. The van der Waals surface area contributed by atoms with Crippen molar-refractivity contribution in [2.24, 2.45) is 0 Å². The Kier molecular flexibility index (Phi) is 9.18. The Hall–Kier alpha value is -1.85. The van der Waals surface area contributed by atoms with Gasteiger partial charge in [0.15, 0.2) is 11.5 Å². The number of Topliss-reactive ketones (excluding diaryl/α,β-unsaturated/α-hetero) is 1. The molecule has 29 heavy (non-hydrogen) atoms. The number of benzene rings is 2. The van der Waals surface area contributed by atoms with Gasteiger partial charge in [-0.25, -0.2) is 0 Å². The van der Waals surface area contributed by atoms with Crippen LogP contribution >= 0.6 is 46.4 Å². The summed E-state index contributed by atoms with van der Waals surface area (Å²) >= 11 is 23.5. The lowest BCUT2D eigenvalue weighted by Gasteiger charge is -2.14. The van der Waals surface area contributed by atoms with Gasteiger partial charge in [-0.05, 0) is 42.8 Å². The highest BCUT2D eigenvalue weighted by Gasteiger charge is 2.11. The Labute approximate surface area is 189 Å². The lowest BCUT2D eigenvalue weighted by atomic mass is 10.1. The number of carbonyl (C=O) groups is 1. The van der Waals surface area contributed by atoms with Crippen LogP contribution in [0.1, 0.15) is 17.3 Å². The van der Waals surface area contributed by atoms with Gasteiger partial charge in [0.25, 0.3) is 0 Å². The van der Waals surface area contributed by atoms with Crippen LogP contribution in [0.2, 0.25) is 10.0 Å². The Balaban J connectivity index is 1.87. The third-order valence-corrected chi connectivity index (χ3v) is 4.45. The summed E-state index contributed by atoms with van der Waals surface area (Å²) in [4.78, 5) is 11.3. The van der Waals surface area contributed by atoms with Gasteiger partial charge in [0.05, 0.1) is 10.0 Å². The topological polar surface area (TPSA) is 44.8 Å². The molecular weight excluding hydrogens is 458 g/mol. The van der Waals surface area contributed by atoms with Gasteiger partial charge in [0, 0.05) is 17.7 Å². The second-order valence-corrected chi connectivity index (χ2v) is 7.75. The maximum absolute atomic E-state index is 11.3. The second-order valence-electron chi connectivity index (χ2n) is 5.93. The van der Waals surface area contributed by atoms with Crippen molar-refractivity contribution < 1.29 is 19.0 Å². The molecule has 4 nitrogen and oxygen atoms in total. The van der Waals surface area contributed by atoms with Crippen LogP contribution in [0.3, 0.4) is 0 Å². The fraction of sp³-hybridized carbons (Fsp3) is 0.190. The lowest BCUT2D eigenvalue weighted by Crippen LogP contribution is -2.09. The van der Waals surface area contributed by atoms with Gasteiger partial charge in [-0.1, -0.05) is 53.0 Å². The van der Waals surface area contributed by atoms with Crippen molar-refractivity contribution in [2.75, 3.05) is 19.8 Å². The molecule has 0 aliphatic rings. The highest BCUT2D eigenvalue weighted by atomic mass is 35.5. The van der Waals surface area contributed by atoms with Crippen molar-refractivity contribution in [3.63, 3.8) is 0 Å². The summed E-state index contributed by atoms with van der Waals surface area (Å²) in [7, 11) is 0. The zero-order valence-corrected chi connectivity index (χ0v) is 18.5. The maximum Gasteiger partial charge on any atom is 0.159 e. The van der Waals surface area contributed by atoms with Crippen LogP contribution in [0, 0.1) is 0 Å². The normalized spacial score (nSPS) is 10.2. The van der Waals surface area contributed by atoms with Gasteiger partial charge >= 0.3 is 0 Å². The molecule has 154 valence electrons. The molecule has 0 aliphatic carbocycles. The van der Waals surface area contributed by atoms with E-state index in [1.807, 2.05) is 0 Å². The molecule has 0 aromatic heterocycles. The minimum absolute atomic E-state index is 0.00107. The van der Waals surface area contributed by atoms with Gasteiger partial charge in [-0.15, -0.1) is 0 Å². The van der Waals surface area contributed by atoms with Crippen molar-refractivity contribution in [1.29, 1.82) is 0 Å². The summed E-state index contributed by atoms with van der Waals surface area (Å²) in [5, 5.41) is 0.587. The van der Waals surface area contributed by atoms with E-state index >= 15 is 0 Å². The number of halogens is 4. The van der Waals surface area contributed by atoms with Crippen LogP contribution in [0.25, 0.3) is 0 Å². The third-order valence-electron chi connectivity index (χ3n) is 3.58. The first-order valence-corrected chi connectivity index (χ1v) is 9.93. The zero-order chi connectivity index (χ0) is 21.4. The van der Waals surface area contributed by atoms with Crippen molar-refractivity contribution in [3.05, 3.63) is 74.7 Å². The summed E-state index contributed by atoms with van der Waals surface area (Å²) < 4.78 is 16.8. The fourth-order valence-corrected chi connectivity index (χ4v) is 2.85. The standard InChI is InChI=1S/C21H18Cl4O4/c1-13(11-28-16-5-3-15(4-6-16)14(2)26)12-29-21-18(22)9-17(10-19(21)23)27-8-7-20(24)25/h3-7,9-10H,1,8,11-12H2,2H3. The number of hydrogen-bond donors (Lipinski definition) is 0. The second kappa shape index (κ2) is 11.4. The first-order valence-electron chi connectivity index (χ1n) is 8.42. The Morgan fingerprint density at radius 2 is 1.55 bits per heavy atom. The molecule has 0 spiro atoms. The van der Waals surface area contributed by atoms with Gasteiger partial charge in [-0.3, -0.25) is 4.79 Å². The highest BCUT2D eigenvalue weighted by Crippen LogP contribution is 2.37. The van der Waals surface area contributed by atoms with Crippen LogP contribution in [-0.4, -0.2) is 25.6 Å².